The average molecular weight is 259 g/mol. The minimum absolute atomic E-state index is 0.0656. The second kappa shape index (κ2) is 4.49. The topological polar surface area (TPSA) is 22.1 Å². The van der Waals surface area contributed by atoms with E-state index in [1.165, 1.54) is 11.1 Å². The van der Waals surface area contributed by atoms with E-state index in [2.05, 4.69) is 35.3 Å². The van der Waals surface area contributed by atoms with Crippen LogP contribution in [0.25, 0.3) is 11.1 Å². The van der Waals surface area contributed by atoms with Gasteiger partial charge in [-0.3, -0.25) is 4.98 Å². The molecule has 1 atom stereocenters. The largest absolute Gasteiger partial charge is 0.480 e. The summed E-state index contributed by atoms with van der Waals surface area (Å²) in [6.07, 6.45) is 3.55. The summed E-state index contributed by atoms with van der Waals surface area (Å²) in [5.74, 6) is 0.938. The highest BCUT2D eigenvalue weighted by molar-refractivity contribution is 5.76. The third-order valence-electron chi connectivity index (χ3n) is 3.67. The Morgan fingerprint density at radius 3 is 2.30 bits per heavy atom. The Bertz CT molecular complexity index is 752. The summed E-state index contributed by atoms with van der Waals surface area (Å²) in [6.45, 7) is 0. The molecule has 96 valence electrons. The third-order valence-corrected chi connectivity index (χ3v) is 3.67. The number of aromatic nitrogens is 1. The zero-order chi connectivity index (χ0) is 13.4. The number of hydrogen-bond donors (Lipinski definition) is 0. The van der Waals surface area contributed by atoms with Gasteiger partial charge in [-0.1, -0.05) is 42.5 Å². The van der Waals surface area contributed by atoms with Crippen LogP contribution in [0.2, 0.25) is 0 Å². The van der Waals surface area contributed by atoms with Crippen molar-refractivity contribution < 1.29 is 4.74 Å². The quantitative estimate of drug-likeness (QED) is 0.652. The maximum atomic E-state index is 6.22. The number of pyridine rings is 1. The molecule has 0 radical (unpaired) electrons. The van der Waals surface area contributed by atoms with Gasteiger partial charge in [-0.05, 0) is 29.3 Å². The lowest BCUT2D eigenvalue weighted by atomic mass is 9.90. The van der Waals surface area contributed by atoms with Gasteiger partial charge in [0.25, 0.3) is 0 Å². The summed E-state index contributed by atoms with van der Waals surface area (Å²) in [6, 6.07) is 20.6. The fraction of sp³-hybridized carbons (Fsp3) is 0.0556. The van der Waals surface area contributed by atoms with Gasteiger partial charge in [0, 0.05) is 23.5 Å². The number of hydrogen-bond acceptors (Lipinski definition) is 2. The molecule has 2 nitrogen and oxygen atoms in total. The first-order valence-corrected chi connectivity index (χ1v) is 6.68. The molecular weight excluding hydrogens is 246 g/mol. The lowest BCUT2D eigenvalue weighted by Crippen LogP contribution is -2.15. The van der Waals surface area contributed by atoms with E-state index in [1.54, 1.807) is 0 Å². The van der Waals surface area contributed by atoms with Gasteiger partial charge in [-0.2, -0.15) is 0 Å². The van der Waals surface area contributed by atoms with Gasteiger partial charge in [0.05, 0.1) is 0 Å². The van der Waals surface area contributed by atoms with Crippen LogP contribution >= 0.6 is 0 Å². The molecule has 2 heteroatoms. The molecule has 0 bridgehead atoms. The van der Waals surface area contributed by atoms with Gasteiger partial charge in [0.1, 0.15) is 11.9 Å². The van der Waals surface area contributed by atoms with Crippen molar-refractivity contribution in [3.63, 3.8) is 0 Å². The predicted octanol–water partition coefficient (Wildman–Crippen LogP) is 4.23. The molecule has 1 aromatic heterocycles. The van der Waals surface area contributed by atoms with Crippen molar-refractivity contribution in [3.8, 4) is 16.9 Å². The highest BCUT2D eigenvalue weighted by Gasteiger charge is 2.26. The molecule has 0 saturated heterocycles. The van der Waals surface area contributed by atoms with Crippen LogP contribution in [0.1, 0.15) is 17.2 Å². The number of rotatable bonds is 1. The van der Waals surface area contributed by atoms with Crippen LogP contribution in [0.5, 0.6) is 5.75 Å². The van der Waals surface area contributed by atoms with Gasteiger partial charge in [0.2, 0.25) is 0 Å². The van der Waals surface area contributed by atoms with E-state index < -0.39 is 0 Å². The monoisotopic (exact) mass is 259 g/mol. The summed E-state index contributed by atoms with van der Waals surface area (Å²) in [7, 11) is 0. The Kier molecular flexibility index (Phi) is 2.52. The summed E-state index contributed by atoms with van der Waals surface area (Å²) >= 11 is 0. The van der Waals surface area contributed by atoms with Crippen LogP contribution in [0, 0.1) is 0 Å². The molecule has 2 heterocycles. The van der Waals surface area contributed by atoms with Crippen LogP contribution in [0.15, 0.2) is 73.1 Å². The minimum Gasteiger partial charge on any atom is -0.480 e. The zero-order valence-electron chi connectivity index (χ0n) is 10.9. The molecule has 2 aromatic carbocycles. The van der Waals surface area contributed by atoms with Crippen molar-refractivity contribution in [1.29, 1.82) is 0 Å². The molecule has 1 unspecified atom stereocenters. The van der Waals surface area contributed by atoms with Crippen molar-refractivity contribution in [2.24, 2.45) is 0 Å². The normalized spacial score (nSPS) is 15.9. The van der Waals surface area contributed by atoms with E-state index in [0.717, 1.165) is 16.9 Å². The first kappa shape index (κ1) is 11.2. The first-order chi connectivity index (χ1) is 9.93. The standard InChI is InChI=1S/C18H13NO/c1-2-7-16-14(5-1)15-6-3-4-8-17(15)20-18(16)13-9-11-19-12-10-13/h1-12,18H. The number of nitrogens with zero attached hydrogens (tertiary/aromatic N) is 1. The van der Waals surface area contributed by atoms with Crippen LogP contribution in [0.3, 0.4) is 0 Å². The molecule has 4 rings (SSSR count). The molecule has 0 spiro atoms. The Labute approximate surface area is 117 Å². The first-order valence-electron chi connectivity index (χ1n) is 6.68. The predicted molar refractivity (Wildman–Crippen MR) is 78.6 cm³/mol. The van der Waals surface area contributed by atoms with Gasteiger partial charge < -0.3 is 4.74 Å². The fourth-order valence-corrected chi connectivity index (χ4v) is 2.74. The summed E-state index contributed by atoms with van der Waals surface area (Å²) < 4.78 is 6.22. The molecule has 0 saturated carbocycles. The number of ether oxygens (including phenoxy) is 1. The van der Waals surface area contributed by atoms with Crippen molar-refractivity contribution in [2.75, 3.05) is 0 Å². The summed E-state index contributed by atoms with van der Waals surface area (Å²) in [5, 5.41) is 0. The van der Waals surface area contributed by atoms with Crippen molar-refractivity contribution in [2.45, 2.75) is 6.10 Å². The highest BCUT2D eigenvalue weighted by Crippen LogP contribution is 2.44. The molecule has 0 aliphatic carbocycles. The smallest absolute Gasteiger partial charge is 0.150 e. The Morgan fingerprint density at radius 2 is 1.45 bits per heavy atom. The van der Waals surface area contributed by atoms with Crippen LogP contribution in [-0.4, -0.2) is 4.98 Å². The van der Waals surface area contributed by atoms with E-state index in [0.29, 0.717) is 0 Å². The van der Waals surface area contributed by atoms with E-state index >= 15 is 0 Å². The molecule has 0 N–H and O–H groups in total. The molecule has 1 aliphatic heterocycles. The number of para-hydroxylation sites is 1. The second-order valence-corrected chi connectivity index (χ2v) is 4.86. The fourth-order valence-electron chi connectivity index (χ4n) is 2.74. The van der Waals surface area contributed by atoms with E-state index in [1.807, 2.05) is 42.7 Å². The maximum absolute atomic E-state index is 6.22. The Morgan fingerprint density at radius 1 is 0.750 bits per heavy atom. The van der Waals surface area contributed by atoms with Gasteiger partial charge in [-0.25, -0.2) is 0 Å². The lowest BCUT2D eigenvalue weighted by molar-refractivity contribution is 0.243. The van der Waals surface area contributed by atoms with Crippen LogP contribution in [0.4, 0.5) is 0 Å². The molecular formula is C18H13NO. The minimum atomic E-state index is -0.0656. The average Bonchev–Trinajstić information content (AvgIpc) is 2.55. The van der Waals surface area contributed by atoms with E-state index in [4.69, 9.17) is 4.74 Å². The lowest BCUT2D eigenvalue weighted by Gasteiger charge is -2.29. The molecule has 0 amide bonds. The molecule has 20 heavy (non-hydrogen) atoms. The van der Waals surface area contributed by atoms with Crippen molar-refractivity contribution >= 4 is 0 Å². The van der Waals surface area contributed by atoms with Crippen LogP contribution in [-0.2, 0) is 0 Å². The molecule has 1 aliphatic rings. The van der Waals surface area contributed by atoms with Gasteiger partial charge >= 0.3 is 0 Å². The SMILES string of the molecule is c1ccc2c(c1)OC(c1ccncc1)c1ccccc1-2. The van der Waals surface area contributed by atoms with E-state index in [9.17, 15) is 0 Å². The van der Waals surface area contributed by atoms with Crippen molar-refractivity contribution in [1.82, 2.24) is 4.98 Å². The van der Waals surface area contributed by atoms with Crippen LogP contribution < -0.4 is 4.74 Å². The van der Waals surface area contributed by atoms with E-state index in [-0.39, 0.29) is 6.10 Å². The highest BCUT2D eigenvalue weighted by atomic mass is 16.5. The van der Waals surface area contributed by atoms with Gasteiger partial charge in [0.15, 0.2) is 0 Å². The summed E-state index contributed by atoms with van der Waals surface area (Å²) in [5.41, 5.74) is 4.74. The number of benzene rings is 2. The summed E-state index contributed by atoms with van der Waals surface area (Å²) in [4.78, 5) is 4.08. The molecule has 0 fully saturated rings. The second-order valence-electron chi connectivity index (χ2n) is 4.86. The molecule has 3 aromatic rings. The Hall–Kier alpha value is -2.61. The zero-order valence-corrected chi connectivity index (χ0v) is 10.9. The maximum Gasteiger partial charge on any atom is 0.150 e. The Balaban J connectivity index is 1.93. The van der Waals surface area contributed by atoms with Crippen molar-refractivity contribution in [3.05, 3.63) is 84.2 Å². The number of fused-ring (bicyclic) bond motifs is 3. The third kappa shape index (κ3) is 1.69. The van der Waals surface area contributed by atoms with Gasteiger partial charge in [-0.15, -0.1) is 0 Å².